The molecule has 82 valence electrons. The summed E-state index contributed by atoms with van der Waals surface area (Å²) in [4.78, 5) is 15.9. The van der Waals surface area contributed by atoms with Crippen LogP contribution in [0.15, 0.2) is 12.3 Å². The van der Waals surface area contributed by atoms with E-state index in [9.17, 15) is 4.79 Å². The molecule has 0 unspecified atom stereocenters. The summed E-state index contributed by atoms with van der Waals surface area (Å²) < 4.78 is 5.94. The monoisotopic (exact) mass is 319 g/mol. The summed E-state index contributed by atoms with van der Waals surface area (Å²) in [7, 11) is 0. The van der Waals surface area contributed by atoms with Crippen LogP contribution in [0.3, 0.4) is 0 Å². The van der Waals surface area contributed by atoms with Crippen LogP contribution in [-0.4, -0.2) is 17.6 Å². The molecule has 4 heteroatoms. The third-order valence-corrected chi connectivity index (χ3v) is 2.52. The SMILES string of the molecule is CCOC(=O)c1cc(I)cnc1C(C)C. The van der Waals surface area contributed by atoms with Crippen LogP contribution in [-0.2, 0) is 4.74 Å². The first-order valence-corrected chi connectivity index (χ1v) is 5.96. The highest BCUT2D eigenvalue weighted by atomic mass is 127. The summed E-state index contributed by atoms with van der Waals surface area (Å²) >= 11 is 2.14. The Morgan fingerprint density at radius 1 is 1.60 bits per heavy atom. The molecule has 1 aromatic rings. The summed E-state index contributed by atoms with van der Waals surface area (Å²) in [6.45, 7) is 6.21. The number of halogens is 1. The van der Waals surface area contributed by atoms with Gasteiger partial charge in [-0.25, -0.2) is 4.79 Å². The largest absolute Gasteiger partial charge is 0.462 e. The zero-order valence-corrected chi connectivity index (χ0v) is 11.2. The Kier molecular flexibility index (Phi) is 4.50. The lowest BCUT2D eigenvalue weighted by Gasteiger charge is -2.10. The fourth-order valence-electron chi connectivity index (χ4n) is 1.28. The average molecular weight is 319 g/mol. The van der Waals surface area contributed by atoms with Gasteiger partial charge in [0.15, 0.2) is 0 Å². The Morgan fingerprint density at radius 3 is 2.80 bits per heavy atom. The van der Waals surface area contributed by atoms with E-state index >= 15 is 0 Å². The van der Waals surface area contributed by atoms with Gasteiger partial charge in [0.05, 0.1) is 17.9 Å². The highest BCUT2D eigenvalue weighted by molar-refractivity contribution is 14.1. The molecule has 0 atom stereocenters. The fraction of sp³-hybridized carbons (Fsp3) is 0.455. The normalized spacial score (nSPS) is 10.5. The highest BCUT2D eigenvalue weighted by Gasteiger charge is 2.16. The van der Waals surface area contributed by atoms with Crippen LogP contribution < -0.4 is 0 Å². The maximum absolute atomic E-state index is 11.7. The van der Waals surface area contributed by atoms with Crippen molar-refractivity contribution in [2.45, 2.75) is 26.7 Å². The Balaban J connectivity index is 3.12. The summed E-state index contributed by atoms with van der Waals surface area (Å²) in [5, 5.41) is 0. The van der Waals surface area contributed by atoms with Crippen molar-refractivity contribution in [3.05, 3.63) is 27.1 Å². The molecule has 3 nitrogen and oxygen atoms in total. The van der Waals surface area contributed by atoms with Gasteiger partial charge in [0.2, 0.25) is 0 Å². The molecule has 15 heavy (non-hydrogen) atoms. The second-order valence-electron chi connectivity index (χ2n) is 3.46. The van der Waals surface area contributed by atoms with Crippen molar-refractivity contribution in [2.24, 2.45) is 0 Å². The molecule has 0 aliphatic carbocycles. The second kappa shape index (κ2) is 5.44. The number of carbonyl (C=O) groups is 1. The van der Waals surface area contributed by atoms with Crippen LogP contribution in [0.5, 0.6) is 0 Å². The van der Waals surface area contributed by atoms with Crippen LogP contribution in [0.25, 0.3) is 0 Å². The lowest BCUT2D eigenvalue weighted by molar-refractivity contribution is 0.0524. The van der Waals surface area contributed by atoms with Gasteiger partial charge in [-0.05, 0) is 41.5 Å². The maximum atomic E-state index is 11.7. The number of aromatic nitrogens is 1. The zero-order chi connectivity index (χ0) is 11.4. The van der Waals surface area contributed by atoms with Gasteiger partial charge in [-0.15, -0.1) is 0 Å². The molecular formula is C11H14INO2. The standard InChI is InChI=1S/C11H14INO2/c1-4-15-11(14)9-5-8(12)6-13-10(9)7(2)3/h5-7H,4H2,1-3H3. The first kappa shape index (κ1) is 12.4. The van der Waals surface area contributed by atoms with Gasteiger partial charge in [-0.3, -0.25) is 4.98 Å². The highest BCUT2D eigenvalue weighted by Crippen LogP contribution is 2.19. The molecule has 0 spiro atoms. The second-order valence-corrected chi connectivity index (χ2v) is 4.71. The van der Waals surface area contributed by atoms with E-state index in [2.05, 4.69) is 27.6 Å². The van der Waals surface area contributed by atoms with Gasteiger partial charge >= 0.3 is 5.97 Å². The van der Waals surface area contributed by atoms with Crippen LogP contribution in [0.4, 0.5) is 0 Å². The molecule has 1 rings (SSSR count). The lowest BCUT2D eigenvalue weighted by atomic mass is 10.0. The Labute approximate surface area is 103 Å². The van der Waals surface area contributed by atoms with Gasteiger partial charge in [-0.1, -0.05) is 13.8 Å². The molecule has 1 heterocycles. The molecule has 0 aliphatic rings. The number of esters is 1. The summed E-state index contributed by atoms with van der Waals surface area (Å²) in [5.74, 6) is -0.0615. The molecule has 0 bridgehead atoms. The minimum absolute atomic E-state index is 0.224. The third-order valence-electron chi connectivity index (χ3n) is 1.93. The van der Waals surface area contributed by atoms with Crippen molar-refractivity contribution in [1.29, 1.82) is 0 Å². The van der Waals surface area contributed by atoms with Crippen molar-refractivity contribution in [3.8, 4) is 0 Å². The lowest BCUT2D eigenvalue weighted by Crippen LogP contribution is -2.11. The number of pyridine rings is 1. The van der Waals surface area contributed by atoms with Crippen molar-refractivity contribution in [1.82, 2.24) is 4.98 Å². The van der Waals surface area contributed by atoms with Crippen molar-refractivity contribution in [3.63, 3.8) is 0 Å². The molecule has 0 saturated heterocycles. The molecule has 0 aliphatic heterocycles. The quantitative estimate of drug-likeness (QED) is 0.635. The molecular weight excluding hydrogens is 305 g/mol. The predicted molar refractivity (Wildman–Crippen MR) is 67.0 cm³/mol. The van der Waals surface area contributed by atoms with Gasteiger partial charge in [0, 0.05) is 9.77 Å². The molecule has 0 amide bonds. The Bertz CT molecular complexity index is 364. The van der Waals surface area contributed by atoms with Crippen molar-refractivity contribution in [2.75, 3.05) is 6.61 Å². The van der Waals surface area contributed by atoms with Gasteiger partial charge in [0.1, 0.15) is 0 Å². The topological polar surface area (TPSA) is 39.2 Å². The Hall–Kier alpha value is -0.650. The van der Waals surface area contributed by atoms with Crippen LogP contribution in [0, 0.1) is 3.57 Å². The number of nitrogens with zero attached hydrogens (tertiary/aromatic N) is 1. The molecule has 0 aromatic carbocycles. The predicted octanol–water partition coefficient (Wildman–Crippen LogP) is 2.99. The first-order valence-electron chi connectivity index (χ1n) is 4.88. The molecule has 0 saturated carbocycles. The average Bonchev–Trinajstić information content (AvgIpc) is 2.17. The summed E-state index contributed by atoms with van der Waals surface area (Å²) in [6, 6.07) is 1.82. The van der Waals surface area contributed by atoms with E-state index in [-0.39, 0.29) is 11.9 Å². The number of hydrogen-bond acceptors (Lipinski definition) is 3. The van der Waals surface area contributed by atoms with E-state index in [0.717, 1.165) is 9.26 Å². The van der Waals surface area contributed by atoms with E-state index in [4.69, 9.17) is 4.74 Å². The van der Waals surface area contributed by atoms with Gasteiger partial charge in [0.25, 0.3) is 0 Å². The number of hydrogen-bond donors (Lipinski definition) is 0. The molecule has 0 radical (unpaired) electrons. The van der Waals surface area contributed by atoms with E-state index < -0.39 is 0 Å². The van der Waals surface area contributed by atoms with E-state index in [1.807, 2.05) is 19.9 Å². The van der Waals surface area contributed by atoms with Crippen molar-refractivity contribution < 1.29 is 9.53 Å². The molecule has 1 aromatic heterocycles. The third kappa shape index (κ3) is 3.15. The molecule has 0 fully saturated rings. The van der Waals surface area contributed by atoms with E-state index in [1.165, 1.54) is 0 Å². The first-order chi connectivity index (χ1) is 7.06. The Morgan fingerprint density at radius 2 is 2.27 bits per heavy atom. The zero-order valence-electron chi connectivity index (χ0n) is 9.08. The van der Waals surface area contributed by atoms with Gasteiger partial charge in [-0.2, -0.15) is 0 Å². The van der Waals surface area contributed by atoms with E-state index in [0.29, 0.717) is 12.2 Å². The fourth-order valence-corrected chi connectivity index (χ4v) is 1.73. The van der Waals surface area contributed by atoms with Gasteiger partial charge < -0.3 is 4.74 Å². The van der Waals surface area contributed by atoms with Crippen LogP contribution in [0.2, 0.25) is 0 Å². The number of carbonyl (C=O) groups excluding carboxylic acids is 1. The number of ether oxygens (including phenoxy) is 1. The van der Waals surface area contributed by atoms with Crippen LogP contribution >= 0.6 is 22.6 Å². The minimum Gasteiger partial charge on any atom is -0.462 e. The minimum atomic E-state index is -0.285. The maximum Gasteiger partial charge on any atom is 0.340 e. The molecule has 0 N–H and O–H groups in total. The smallest absolute Gasteiger partial charge is 0.340 e. The van der Waals surface area contributed by atoms with Crippen LogP contribution in [0.1, 0.15) is 42.7 Å². The number of rotatable bonds is 3. The van der Waals surface area contributed by atoms with E-state index in [1.54, 1.807) is 13.1 Å². The summed E-state index contributed by atoms with van der Waals surface area (Å²) in [5.41, 5.74) is 1.38. The summed E-state index contributed by atoms with van der Waals surface area (Å²) in [6.07, 6.45) is 1.76. The van der Waals surface area contributed by atoms with Crippen molar-refractivity contribution >= 4 is 28.6 Å².